The maximum Gasteiger partial charge on any atom is 0.235 e. The third-order valence-corrected chi connectivity index (χ3v) is 9.51. The fraction of sp³-hybridized carbons (Fsp3) is 0.379. The summed E-state index contributed by atoms with van der Waals surface area (Å²) < 4.78 is 28.1. The number of nitriles is 1. The number of hydrogen-bond acceptors (Lipinski definition) is 4. The SMILES string of the molecule is CCS(=O)(=O)N1c2ccc(CC3CCN(C(C)=N)CC3)cc2CC1c1ccc2ccc(C#N)cc2c1. The van der Waals surface area contributed by atoms with E-state index in [0.29, 0.717) is 23.7 Å². The van der Waals surface area contributed by atoms with Crippen molar-refractivity contribution in [2.45, 2.75) is 45.6 Å². The van der Waals surface area contributed by atoms with Gasteiger partial charge in [-0.15, -0.1) is 0 Å². The first-order valence-corrected chi connectivity index (χ1v) is 14.3. The highest BCUT2D eigenvalue weighted by molar-refractivity contribution is 7.92. The molecule has 1 saturated heterocycles. The number of nitrogens with one attached hydrogen (secondary N) is 1. The lowest BCUT2D eigenvalue weighted by Crippen LogP contribution is -2.37. The average Bonchev–Trinajstić information content (AvgIpc) is 3.28. The van der Waals surface area contributed by atoms with Crippen LogP contribution in [0.15, 0.2) is 54.6 Å². The van der Waals surface area contributed by atoms with Gasteiger partial charge in [0.05, 0.1) is 35.0 Å². The molecular formula is C29H32N4O2S. The zero-order valence-electron chi connectivity index (χ0n) is 20.9. The van der Waals surface area contributed by atoms with E-state index in [1.54, 1.807) is 17.3 Å². The smallest absolute Gasteiger partial charge is 0.235 e. The molecule has 0 aliphatic carbocycles. The fourth-order valence-corrected chi connectivity index (χ4v) is 7.03. The van der Waals surface area contributed by atoms with Crippen LogP contribution in [-0.4, -0.2) is 38.0 Å². The molecular weight excluding hydrogens is 468 g/mol. The minimum absolute atomic E-state index is 0.0435. The first-order chi connectivity index (χ1) is 17.3. The number of fused-ring (bicyclic) bond motifs is 2. The molecule has 1 N–H and O–H groups in total. The summed E-state index contributed by atoms with van der Waals surface area (Å²) in [5.74, 6) is 1.27. The molecule has 3 aromatic rings. The van der Waals surface area contributed by atoms with Gasteiger partial charge in [-0.1, -0.05) is 30.3 Å². The van der Waals surface area contributed by atoms with Crippen molar-refractivity contribution in [3.8, 4) is 6.07 Å². The van der Waals surface area contributed by atoms with Crippen LogP contribution in [0.1, 0.15) is 55.0 Å². The Bertz CT molecular complexity index is 1470. The second-order valence-corrected chi connectivity index (χ2v) is 12.2. The quantitative estimate of drug-likeness (QED) is 0.374. The lowest BCUT2D eigenvalue weighted by atomic mass is 9.89. The van der Waals surface area contributed by atoms with Gasteiger partial charge in [0.1, 0.15) is 0 Å². The van der Waals surface area contributed by atoms with Gasteiger partial charge in [0.2, 0.25) is 10.0 Å². The predicted octanol–water partition coefficient (Wildman–Crippen LogP) is 5.42. The standard InChI is InChI=1S/C29H32N4O2S/c1-3-36(34,35)33-28-9-5-22(14-21-10-12-32(13-11-21)20(2)31)15-27(28)18-29(33)25-8-7-24-6-4-23(19-30)16-26(24)17-25/h4-9,15-17,21,29,31H,3,10-14,18H2,1-2H3. The average molecular weight is 501 g/mol. The summed E-state index contributed by atoms with van der Waals surface area (Å²) in [5, 5.41) is 19.1. The second kappa shape index (κ2) is 9.59. The Kier molecular flexibility index (Phi) is 6.48. The molecule has 1 atom stereocenters. The molecule has 1 unspecified atom stereocenters. The van der Waals surface area contributed by atoms with E-state index in [0.717, 1.165) is 59.9 Å². The third kappa shape index (κ3) is 4.58. The summed E-state index contributed by atoms with van der Waals surface area (Å²) in [4.78, 5) is 2.14. The minimum atomic E-state index is -3.47. The van der Waals surface area contributed by atoms with Gasteiger partial charge in [0.25, 0.3) is 0 Å². The van der Waals surface area contributed by atoms with Gasteiger partial charge in [-0.05, 0) is 90.8 Å². The Morgan fingerprint density at radius 1 is 1.06 bits per heavy atom. The summed E-state index contributed by atoms with van der Waals surface area (Å²) in [6.07, 6.45) is 3.77. The van der Waals surface area contributed by atoms with Gasteiger partial charge < -0.3 is 4.90 Å². The second-order valence-electron chi connectivity index (χ2n) is 10.0. The van der Waals surface area contributed by atoms with Gasteiger partial charge in [-0.25, -0.2) is 8.42 Å². The number of likely N-dealkylation sites (tertiary alicyclic amines) is 1. The lowest BCUT2D eigenvalue weighted by Gasteiger charge is -2.32. The van der Waals surface area contributed by atoms with Gasteiger partial charge >= 0.3 is 0 Å². The number of sulfonamides is 1. The number of rotatable bonds is 5. The van der Waals surface area contributed by atoms with Crippen LogP contribution in [0.5, 0.6) is 0 Å². The maximum absolute atomic E-state index is 13.3. The van der Waals surface area contributed by atoms with Gasteiger partial charge in [0.15, 0.2) is 0 Å². The molecule has 0 saturated carbocycles. The maximum atomic E-state index is 13.3. The summed E-state index contributed by atoms with van der Waals surface area (Å²) in [6, 6.07) is 19.8. The molecule has 2 aliphatic rings. The Labute approximate surface area is 213 Å². The van der Waals surface area contributed by atoms with Crippen molar-refractivity contribution in [2.75, 3.05) is 23.1 Å². The van der Waals surface area contributed by atoms with Gasteiger partial charge in [-0.2, -0.15) is 5.26 Å². The molecule has 2 aliphatic heterocycles. The van der Waals surface area contributed by atoms with E-state index in [9.17, 15) is 13.7 Å². The van der Waals surface area contributed by atoms with Crippen LogP contribution >= 0.6 is 0 Å². The zero-order valence-corrected chi connectivity index (χ0v) is 21.7. The van der Waals surface area contributed by atoms with E-state index in [4.69, 9.17) is 5.41 Å². The first-order valence-electron chi connectivity index (χ1n) is 12.7. The van der Waals surface area contributed by atoms with Crippen LogP contribution in [0.2, 0.25) is 0 Å². The summed E-state index contributed by atoms with van der Waals surface area (Å²) in [5.41, 5.74) is 4.66. The molecule has 5 rings (SSSR count). The van der Waals surface area contributed by atoms with Crippen molar-refractivity contribution >= 4 is 32.3 Å². The molecule has 1 fully saturated rings. The number of piperidine rings is 1. The van der Waals surface area contributed by atoms with E-state index >= 15 is 0 Å². The first kappa shape index (κ1) is 24.3. The molecule has 0 aromatic heterocycles. The minimum Gasteiger partial charge on any atom is -0.361 e. The molecule has 186 valence electrons. The van der Waals surface area contributed by atoms with Crippen molar-refractivity contribution in [2.24, 2.45) is 5.92 Å². The highest BCUT2D eigenvalue weighted by Gasteiger charge is 2.38. The highest BCUT2D eigenvalue weighted by atomic mass is 32.2. The van der Waals surface area contributed by atoms with E-state index in [1.807, 2.05) is 43.3 Å². The number of hydrogen-bond donors (Lipinski definition) is 1. The Morgan fingerprint density at radius 3 is 2.50 bits per heavy atom. The van der Waals surface area contributed by atoms with E-state index in [2.05, 4.69) is 23.1 Å². The molecule has 7 heteroatoms. The van der Waals surface area contributed by atoms with Crippen molar-refractivity contribution < 1.29 is 8.42 Å². The third-order valence-electron chi connectivity index (χ3n) is 7.73. The van der Waals surface area contributed by atoms with Gasteiger partial charge in [-0.3, -0.25) is 9.71 Å². The van der Waals surface area contributed by atoms with Gasteiger partial charge in [0, 0.05) is 19.5 Å². The number of amidine groups is 1. The van der Waals surface area contributed by atoms with Crippen LogP contribution in [0, 0.1) is 22.7 Å². The molecule has 0 amide bonds. The predicted molar refractivity (Wildman–Crippen MR) is 145 cm³/mol. The Balaban J connectivity index is 1.45. The van der Waals surface area contributed by atoms with Crippen LogP contribution in [0.3, 0.4) is 0 Å². The van der Waals surface area contributed by atoms with Crippen molar-refractivity contribution in [1.29, 1.82) is 10.7 Å². The Morgan fingerprint density at radius 2 is 1.81 bits per heavy atom. The monoisotopic (exact) mass is 500 g/mol. The number of nitrogens with zero attached hydrogens (tertiary/aromatic N) is 3. The molecule has 0 radical (unpaired) electrons. The topological polar surface area (TPSA) is 88.3 Å². The van der Waals surface area contributed by atoms with Crippen LogP contribution < -0.4 is 4.31 Å². The van der Waals surface area contributed by atoms with Crippen molar-refractivity contribution in [3.05, 3.63) is 76.9 Å². The van der Waals surface area contributed by atoms with Crippen LogP contribution in [-0.2, 0) is 22.9 Å². The summed E-state index contributed by atoms with van der Waals surface area (Å²) >= 11 is 0. The largest absolute Gasteiger partial charge is 0.361 e. The van der Waals surface area contributed by atoms with Crippen LogP contribution in [0.4, 0.5) is 5.69 Å². The lowest BCUT2D eigenvalue weighted by molar-refractivity contribution is 0.263. The fourth-order valence-electron chi connectivity index (χ4n) is 5.69. The molecule has 0 bridgehead atoms. The molecule has 2 heterocycles. The molecule has 36 heavy (non-hydrogen) atoms. The number of anilines is 1. The molecule has 3 aromatic carbocycles. The summed E-state index contributed by atoms with van der Waals surface area (Å²) in [7, 11) is -3.47. The van der Waals surface area contributed by atoms with E-state index in [1.165, 1.54) is 5.56 Å². The zero-order chi connectivity index (χ0) is 25.4. The molecule has 6 nitrogen and oxygen atoms in total. The number of benzene rings is 3. The van der Waals surface area contributed by atoms with E-state index in [-0.39, 0.29) is 11.8 Å². The van der Waals surface area contributed by atoms with Crippen LogP contribution in [0.25, 0.3) is 10.8 Å². The normalized spacial score (nSPS) is 18.3. The highest BCUT2D eigenvalue weighted by Crippen LogP contribution is 2.44. The summed E-state index contributed by atoms with van der Waals surface area (Å²) in [6.45, 7) is 5.42. The molecule has 0 spiro atoms. The van der Waals surface area contributed by atoms with Crippen molar-refractivity contribution in [3.63, 3.8) is 0 Å². The van der Waals surface area contributed by atoms with Crippen molar-refractivity contribution in [1.82, 2.24) is 4.90 Å². The Hall–Kier alpha value is -3.37. The van der Waals surface area contributed by atoms with E-state index < -0.39 is 10.0 Å².